The fraction of sp³-hybridized carbons (Fsp3) is 0.312. The van der Waals surface area contributed by atoms with Crippen LogP contribution in [-0.2, 0) is 30.3 Å². The number of aliphatic hydroxyl groups is 1. The Balaban J connectivity index is 1.52. The van der Waals surface area contributed by atoms with Crippen molar-refractivity contribution in [3.05, 3.63) is 102 Å². The molecule has 44 heavy (non-hydrogen) atoms. The predicted molar refractivity (Wildman–Crippen MR) is 168 cm³/mol. The second kappa shape index (κ2) is 12.4. The summed E-state index contributed by atoms with van der Waals surface area (Å²) in [6, 6.07) is 21.3. The van der Waals surface area contributed by atoms with Crippen LogP contribution >= 0.6 is 0 Å². The number of aliphatic hydroxyl groups excluding tert-OH is 1. The van der Waals surface area contributed by atoms with E-state index in [0.29, 0.717) is 10.9 Å². The van der Waals surface area contributed by atoms with Crippen LogP contribution in [0.3, 0.4) is 0 Å². The summed E-state index contributed by atoms with van der Waals surface area (Å²) in [5.74, 6) is -0.729. The summed E-state index contributed by atoms with van der Waals surface area (Å²) in [7, 11) is -8.39. The van der Waals surface area contributed by atoms with Crippen molar-refractivity contribution in [1.29, 1.82) is 0 Å². The Hall–Kier alpha value is -3.68. The molecule has 3 aromatic carbocycles. The van der Waals surface area contributed by atoms with E-state index in [2.05, 4.69) is 10.3 Å². The normalized spacial score (nSPS) is 17.8. The maximum absolute atomic E-state index is 14.2. The molecule has 0 saturated carbocycles. The molecule has 5 rings (SSSR count). The number of carbonyl (C=O) groups is 1. The third-order valence-corrected chi connectivity index (χ3v) is 11.7. The number of amides is 1. The molecule has 2 N–H and O–H groups in total. The molecule has 0 spiro atoms. The van der Waals surface area contributed by atoms with Crippen molar-refractivity contribution < 1.29 is 26.7 Å². The third kappa shape index (κ3) is 6.26. The predicted octanol–water partition coefficient (Wildman–Crippen LogP) is 3.45. The molecule has 2 atom stereocenters. The summed E-state index contributed by atoms with van der Waals surface area (Å²) < 4.78 is 58.2. The van der Waals surface area contributed by atoms with Crippen LogP contribution in [-0.4, -0.2) is 73.7 Å². The number of carbonyl (C=O) groups excluding carboxylic acids is 1. The van der Waals surface area contributed by atoms with Gasteiger partial charge in [-0.05, 0) is 40.8 Å². The fourth-order valence-electron chi connectivity index (χ4n) is 5.34. The Morgan fingerprint density at radius 2 is 1.59 bits per heavy atom. The molecule has 4 aromatic rings. The smallest absolute Gasteiger partial charge is 0.246 e. The van der Waals surface area contributed by atoms with Gasteiger partial charge in [-0.15, -0.1) is 0 Å². The summed E-state index contributed by atoms with van der Waals surface area (Å²) in [6.45, 7) is 4.80. The second-order valence-corrected chi connectivity index (χ2v) is 15.6. The number of benzene rings is 3. The molecule has 1 saturated heterocycles. The highest BCUT2D eigenvalue weighted by Crippen LogP contribution is 2.30. The van der Waals surface area contributed by atoms with Crippen LogP contribution < -0.4 is 5.32 Å². The van der Waals surface area contributed by atoms with Crippen LogP contribution in [0.4, 0.5) is 0 Å². The Labute approximate surface area is 258 Å². The van der Waals surface area contributed by atoms with Crippen LogP contribution in [0, 0.1) is 0 Å². The largest absolute Gasteiger partial charge is 0.394 e. The first-order valence-corrected chi connectivity index (χ1v) is 17.1. The lowest BCUT2D eigenvalue weighted by atomic mass is 9.87. The Bertz CT molecular complexity index is 1850. The van der Waals surface area contributed by atoms with Gasteiger partial charge in [0.15, 0.2) is 0 Å². The number of nitrogens with zero attached hydrogens (tertiary/aromatic N) is 3. The molecule has 1 unspecified atom stereocenters. The number of nitrogens with one attached hydrogen (secondary N) is 1. The number of fused-ring (bicyclic) bond motifs is 1. The average molecular weight is 637 g/mol. The first kappa shape index (κ1) is 31.7. The lowest BCUT2D eigenvalue weighted by Gasteiger charge is -2.39. The Morgan fingerprint density at radius 1 is 0.909 bits per heavy atom. The molecule has 2 heterocycles. The third-order valence-electron chi connectivity index (χ3n) is 7.84. The lowest BCUT2D eigenvalue weighted by Crippen LogP contribution is -2.61. The van der Waals surface area contributed by atoms with E-state index in [0.717, 1.165) is 14.2 Å². The van der Waals surface area contributed by atoms with Crippen molar-refractivity contribution in [3.63, 3.8) is 0 Å². The number of hydrogen-bond acceptors (Lipinski definition) is 7. The number of para-hydroxylation sites is 1. The molecule has 232 valence electrons. The van der Waals surface area contributed by atoms with Gasteiger partial charge in [0.05, 0.1) is 23.1 Å². The average Bonchev–Trinajstić information content (AvgIpc) is 3.03. The molecule has 1 aromatic heterocycles. The first-order valence-electron chi connectivity index (χ1n) is 14.3. The minimum atomic E-state index is -4.32. The number of aromatic nitrogens is 1. The molecule has 0 radical (unpaired) electrons. The van der Waals surface area contributed by atoms with Crippen molar-refractivity contribution in [3.8, 4) is 0 Å². The van der Waals surface area contributed by atoms with E-state index < -0.39 is 51.2 Å². The maximum atomic E-state index is 14.2. The van der Waals surface area contributed by atoms with Crippen LogP contribution in [0.5, 0.6) is 0 Å². The molecule has 12 heteroatoms. The van der Waals surface area contributed by atoms with E-state index in [-0.39, 0.29) is 33.8 Å². The fourth-order valence-corrected chi connectivity index (χ4v) is 8.51. The zero-order valence-corrected chi connectivity index (χ0v) is 26.4. The molecule has 10 nitrogen and oxygen atoms in total. The van der Waals surface area contributed by atoms with Gasteiger partial charge in [0.1, 0.15) is 10.9 Å². The Morgan fingerprint density at radius 3 is 2.25 bits per heavy atom. The van der Waals surface area contributed by atoms with Crippen LogP contribution in [0.2, 0.25) is 0 Å². The van der Waals surface area contributed by atoms with Gasteiger partial charge in [-0.3, -0.25) is 9.78 Å². The number of pyridine rings is 1. The standard InChI is InChI=1S/C32H36N4O6S2/c1-32(2,3)25-14-16-26(17-15-25)43(39,40)35-19-20-36(44(41,42)29-13-7-11-24-12-8-18-33-30(24)29)28(21-35)31(38)34-27(22-37)23-9-5-4-6-10-23/h4-18,27-28,37H,19-22H2,1-3H3,(H,34,38)/t27?,28-/m1/s1. The highest BCUT2D eigenvalue weighted by Gasteiger charge is 2.44. The molecule has 1 aliphatic heterocycles. The van der Waals surface area contributed by atoms with Gasteiger partial charge in [0, 0.05) is 31.2 Å². The van der Waals surface area contributed by atoms with E-state index in [1.807, 2.05) is 20.8 Å². The minimum Gasteiger partial charge on any atom is -0.394 e. The summed E-state index contributed by atoms with van der Waals surface area (Å²) >= 11 is 0. The van der Waals surface area contributed by atoms with Crippen LogP contribution in [0.15, 0.2) is 101 Å². The molecular weight excluding hydrogens is 601 g/mol. The summed E-state index contributed by atoms with van der Waals surface area (Å²) in [4.78, 5) is 18.2. The van der Waals surface area contributed by atoms with Gasteiger partial charge in [-0.1, -0.05) is 81.4 Å². The van der Waals surface area contributed by atoms with E-state index in [1.165, 1.54) is 24.4 Å². The highest BCUT2D eigenvalue weighted by atomic mass is 32.2. The summed E-state index contributed by atoms with van der Waals surface area (Å²) in [5.41, 5.74) is 1.66. The molecule has 1 aliphatic rings. The lowest BCUT2D eigenvalue weighted by molar-refractivity contribution is -0.127. The van der Waals surface area contributed by atoms with E-state index in [9.17, 15) is 26.7 Å². The zero-order valence-electron chi connectivity index (χ0n) is 24.8. The van der Waals surface area contributed by atoms with Crippen molar-refractivity contribution in [2.24, 2.45) is 0 Å². The molecule has 0 aliphatic carbocycles. The number of hydrogen-bond donors (Lipinski definition) is 2. The van der Waals surface area contributed by atoms with Crippen molar-refractivity contribution >= 4 is 36.9 Å². The van der Waals surface area contributed by atoms with Gasteiger partial charge in [-0.2, -0.15) is 8.61 Å². The molecule has 1 fully saturated rings. The molecule has 1 amide bonds. The van der Waals surface area contributed by atoms with Crippen molar-refractivity contribution in [2.75, 3.05) is 26.2 Å². The second-order valence-electron chi connectivity index (χ2n) is 11.8. The first-order chi connectivity index (χ1) is 20.8. The summed E-state index contributed by atoms with van der Waals surface area (Å²) in [6.07, 6.45) is 1.49. The number of sulfonamides is 2. The Kier molecular flexibility index (Phi) is 8.92. The van der Waals surface area contributed by atoms with Crippen molar-refractivity contribution in [1.82, 2.24) is 18.9 Å². The van der Waals surface area contributed by atoms with Crippen LogP contribution in [0.1, 0.15) is 37.9 Å². The van der Waals surface area contributed by atoms with Gasteiger partial charge >= 0.3 is 0 Å². The molecular formula is C32H36N4O6S2. The maximum Gasteiger partial charge on any atom is 0.246 e. The van der Waals surface area contributed by atoms with Crippen molar-refractivity contribution in [2.45, 2.75) is 48.1 Å². The van der Waals surface area contributed by atoms with Gasteiger partial charge in [0.2, 0.25) is 26.0 Å². The van der Waals surface area contributed by atoms with E-state index >= 15 is 0 Å². The molecule has 0 bridgehead atoms. The highest BCUT2D eigenvalue weighted by molar-refractivity contribution is 7.89. The van der Waals surface area contributed by atoms with Crippen LogP contribution in [0.25, 0.3) is 10.9 Å². The monoisotopic (exact) mass is 636 g/mol. The topological polar surface area (TPSA) is 137 Å². The number of piperazine rings is 1. The zero-order chi connectivity index (χ0) is 31.7. The van der Waals surface area contributed by atoms with E-state index in [1.54, 1.807) is 66.7 Å². The number of rotatable bonds is 8. The van der Waals surface area contributed by atoms with E-state index in [4.69, 9.17) is 0 Å². The minimum absolute atomic E-state index is 0.0525. The van der Waals surface area contributed by atoms with Gasteiger partial charge in [0.25, 0.3) is 0 Å². The van der Waals surface area contributed by atoms with Gasteiger partial charge in [-0.25, -0.2) is 16.8 Å². The van der Waals surface area contributed by atoms with Gasteiger partial charge < -0.3 is 10.4 Å². The quantitative estimate of drug-likeness (QED) is 0.302. The SMILES string of the molecule is CC(C)(C)c1ccc(S(=O)(=O)N2CCN(S(=O)(=O)c3cccc4cccnc34)[C@@H](C(=O)NC(CO)c3ccccc3)C2)cc1. The summed E-state index contributed by atoms with van der Waals surface area (Å²) in [5, 5.41) is 13.5.